The quantitative estimate of drug-likeness (QED) is 0.653. The zero-order valence-corrected chi connectivity index (χ0v) is 13.5. The molecule has 2 atom stereocenters. The zero-order valence-electron chi connectivity index (χ0n) is 11.9. The van der Waals surface area contributed by atoms with Crippen LogP contribution in [0.4, 0.5) is 0 Å². The van der Waals surface area contributed by atoms with Crippen LogP contribution < -0.4 is 5.32 Å². The van der Waals surface area contributed by atoms with Crippen molar-refractivity contribution in [2.75, 3.05) is 18.7 Å². The molecule has 2 rings (SSSR count). The molecule has 1 N–H and O–H groups in total. The molecule has 1 amide bonds. The van der Waals surface area contributed by atoms with E-state index < -0.39 is 0 Å². The third-order valence-corrected chi connectivity index (χ3v) is 5.33. The summed E-state index contributed by atoms with van der Waals surface area (Å²) in [5.74, 6) is 1.84. The van der Waals surface area contributed by atoms with Gasteiger partial charge < -0.3 is 5.32 Å². The molecule has 1 aliphatic carbocycles. The average Bonchev–Trinajstić information content (AvgIpc) is 2.52. The van der Waals surface area contributed by atoms with Gasteiger partial charge in [0, 0.05) is 17.3 Å². The summed E-state index contributed by atoms with van der Waals surface area (Å²) in [6.45, 7) is 0.749. The SMILES string of the molecule is CSc1ccccc1C(=O)NCC1CCCCC1CCl. The maximum Gasteiger partial charge on any atom is 0.252 e. The van der Waals surface area contributed by atoms with E-state index in [-0.39, 0.29) is 5.91 Å². The number of hydrogen-bond acceptors (Lipinski definition) is 2. The van der Waals surface area contributed by atoms with E-state index >= 15 is 0 Å². The largest absolute Gasteiger partial charge is 0.352 e. The Kier molecular flexibility index (Phi) is 6.24. The number of nitrogens with one attached hydrogen (secondary N) is 1. The third-order valence-electron chi connectivity index (χ3n) is 4.14. The van der Waals surface area contributed by atoms with Crippen molar-refractivity contribution in [2.45, 2.75) is 30.6 Å². The van der Waals surface area contributed by atoms with E-state index in [4.69, 9.17) is 11.6 Å². The van der Waals surface area contributed by atoms with E-state index in [0.29, 0.717) is 17.7 Å². The van der Waals surface area contributed by atoms with E-state index in [0.717, 1.165) is 17.0 Å². The lowest BCUT2D eigenvalue weighted by molar-refractivity contribution is 0.0934. The van der Waals surface area contributed by atoms with Crippen molar-refractivity contribution in [2.24, 2.45) is 11.8 Å². The molecule has 0 aliphatic heterocycles. The fraction of sp³-hybridized carbons (Fsp3) is 0.562. The molecule has 0 heterocycles. The van der Waals surface area contributed by atoms with Gasteiger partial charge in [0.05, 0.1) is 5.56 Å². The minimum Gasteiger partial charge on any atom is -0.352 e. The lowest BCUT2D eigenvalue weighted by Crippen LogP contribution is -2.35. The van der Waals surface area contributed by atoms with Gasteiger partial charge in [0.25, 0.3) is 5.91 Å². The maximum absolute atomic E-state index is 12.3. The molecular formula is C16H22ClNOS. The summed E-state index contributed by atoms with van der Waals surface area (Å²) in [5, 5.41) is 3.10. The molecule has 0 radical (unpaired) electrons. The molecule has 2 nitrogen and oxygen atoms in total. The standard InChI is InChI=1S/C16H22ClNOS/c1-20-15-9-5-4-8-14(15)16(19)18-11-13-7-3-2-6-12(13)10-17/h4-5,8-9,12-13H,2-3,6-7,10-11H2,1H3,(H,18,19). The summed E-state index contributed by atoms with van der Waals surface area (Å²) < 4.78 is 0. The molecule has 1 fully saturated rings. The predicted octanol–water partition coefficient (Wildman–Crippen LogP) is 4.18. The fourth-order valence-electron chi connectivity index (χ4n) is 2.91. The normalized spacial score (nSPS) is 22.5. The van der Waals surface area contributed by atoms with Crippen LogP contribution >= 0.6 is 23.4 Å². The van der Waals surface area contributed by atoms with E-state index in [1.165, 1.54) is 25.7 Å². The van der Waals surface area contributed by atoms with Gasteiger partial charge in [-0.15, -0.1) is 23.4 Å². The van der Waals surface area contributed by atoms with Crippen molar-refractivity contribution < 1.29 is 4.79 Å². The molecule has 2 unspecified atom stereocenters. The number of alkyl halides is 1. The van der Waals surface area contributed by atoms with Gasteiger partial charge in [-0.2, -0.15) is 0 Å². The smallest absolute Gasteiger partial charge is 0.252 e. The number of benzene rings is 1. The summed E-state index contributed by atoms with van der Waals surface area (Å²) >= 11 is 7.65. The fourth-order valence-corrected chi connectivity index (χ4v) is 3.91. The Morgan fingerprint density at radius 3 is 2.70 bits per heavy atom. The van der Waals surface area contributed by atoms with Crippen LogP contribution in [0.2, 0.25) is 0 Å². The highest BCUT2D eigenvalue weighted by Crippen LogP contribution is 2.30. The van der Waals surface area contributed by atoms with Crippen LogP contribution in [0.1, 0.15) is 36.0 Å². The minimum atomic E-state index is 0.0360. The van der Waals surface area contributed by atoms with Gasteiger partial charge in [-0.05, 0) is 43.1 Å². The molecule has 0 bridgehead atoms. The van der Waals surface area contributed by atoms with Crippen molar-refractivity contribution in [3.63, 3.8) is 0 Å². The van der Waals surface area contributed by atoms with Gasteiger partial charge in [-0.3, -0.25) is 4.79 Å². The molecule has 0 spiro atoms. The number of carbonyl (C=O) groups excluding carboxylic acids is 1. The number of carbonyl (C=O) groups is 1. The lowest BCUT2D eigenvalue weighted by Gasteiger charge is -2.30. The molecule has 20 heavy (non-hydrogen) atoms. The number of halogens is 1. The van der Waals surface area contributed by atoms with Crippen molar-refractivity contribution in [1.82, 2.24) is 5.32 Å². The molecule has 4 heteroatoms. The van der Waals surface area contributed by atoms with Crippen LogP contribution in [-0.4, -0.2) is 24.6 Å². The van der Waals surface area contributed by atoms with Crippen LogP contribution in [0.5, 0.6) is 0 Å². The Hall–Kier alpha value is -0.670. The first kappa shape index (κ1) is 15.7. The highest BCUT2D eigenvalue weighted by atomic mass is 35.5. The second kappa shape index (κ2) is 7.94. The number of amides is 1. The van der Waals surface area contributed by atoms with Gasteiger partial charge >= 0.3 is 0 Å². The Labute approximate surface area is 130 Å². The van der Waals surface area contributed by atoms with Crippen molar-refractivity contribution >= 4 is 29.3 Å². The number of rotatable bonds is 5. The molecule has 0 aromatic heterocycles. The van der Waals surface area contributed by atoms with E-state index in [9.17, 15) is 4.79 Å². The number of thioether (sulfide) groups is 1. The van der Waals surface area contributed by atoms with Crippen LogP contribution in [0.25, 0.3) is 0 Å². The van der Waals surface area contributed by atoms with Gasteiger partial charge in [-0.1, -0.05) is 25.0 Å². The molecule has 1 aliphatic rings. The van der Waals surface area contributed by atoms with Gasteiger partial charge in [-0.25, -0.2) is 0 Å². The van der Waals surface area contributed by atoms with Crippen LogP contribution in [0.15, 0.2) is 29.2 Å². The molecule has 1 aromatic carbocycles. The maximum atomic E-state index is 12.3. The Bertz CT molecular complexity index is 452. The van der Waals surface area contributed by atoms with E-state index in [2.05, 4.69) is 5.32 Å². The van der Waals surface area contributed by atoms with Gasteiger partial charge in [0.15, 0.2) is 0 Å². The first-order valence-corrected chi connectivity index (χ1v) is 8.99. The summed E-state index contributed by atoms with van der Waals surface area (Å²) in [7, 11) is 0. The zero-order chi connectivity index (χ0) is 14.4. The topological polar surface area (TPSA) is 29.1 Å². The summed E-state index contributed by atoms with van der Waals surface area (Å²) in [6.07, 6.45) is 6.91. The van der Waals surface area contributed by atoms with Crippen molar-refractivity contribution in [3.8, 4) is 0 Å². The summed E-state index contributed by atoms with van der Waals surface area (Å²) in [6, 6.07) is 7.76. The highest BCUT2D eigenvalue weighted by molar-refractivity contribution is 7.98. The van der Waals surface area contributed by atoms with E-state index in [1.807, 2.05) is 30.5 Å². The van der Waals surface area contributed by atoms with Crippen molar-refractivity contribution in [1.29, 1.82) is 0 Å². The molecular weight excluding hydrogens is 290 g/mol. The second-order valence-corrected chi connectivity index (χ2v) is 6.53. The summed E-state index contributed by atoms with van der Waals surface area (Å²) in [4.78, 5) is 13.3. The second-order valence-electron chi connectivity index (χ2n) is 5.37. The highest BCUT2D eigenvalue weighted by Gasteiger charge is 2.24. The molecule has 1 saturated carbocycles. The van der Waals surface area contributed by atoms with E-state index in [1.54, 1.807) is 11.8 Å². The first-order valence-electron chi connectivity index (χ1n) is 7.23. The first-order chi connectivity index (χ1) is 9.76. The van der Waals surface area contributed by atoms with Crippen LogP contribution in [0, 0.1) is 11.8 Å². The number of hydrogen-bond donors (Lipinski definition) is 1. The Morgan fingerprint density at radius 1 is 1.30 bits per heavy atom. The van der Waals surface area contributed by atoms with Crippen molar-refractivity contribution in [3.05, 3.63) is 29.8 Å². The van der Waals surface area contributed by atoms with Gasteiger partial charge in [0.1, 0.15) is 0 Å². The summed E-state index contributed by atoms with van der Waals surface area (Å²) in [5.41, 5.74) is 0.776. The predicted molar refractivity (Wildman–Crippen MR) is 86.7 cm³/mol. The van der Waals surface area contributed by atoms with Crippen LogP contribution in [-0.2, 0) is 0 Å². The molecule has 1 aromatic rings. The third kappa shape index (κ3) is 3.92. The average molecular weight is 312 g/mol. The monoisotopic (exact) mass is 311 g/mol. The molecule has 0 saturated heterocycles. The van der Waals surface area contributed by atoms with Crippen LogP contribution in [0.3, 0.4) is 0 Å². The Morgan fingerprint density at radius 2 is 2.00 bits per heavy atom. The lowest BCUT2D eigenvalue weighted by atomic mass is 9.80. The molecule has 110 valence electrons. The minimum absolute atomic E-state index is 0.0360. The van der Waals surface area contributed by atoms with Gasteiger partial charge in [0.2, 0.25) is 0 Å². The Balaban J connectivity index is 1.94.